The maximum atomic E-state index is 12.5. The average molecular weight is 452 g/mol. The van der Waals surface area contributed by atoms with E-state index in [4.69, 9.17) is 4.74 Å². The Kier molecular flexibility index (Phi) is 7.82. The van der Waals surface area contributed by atoms with Crippen LogP contribution in [0, 0.1) is 5.92 Å². The number of amides is 3. The van der Waals surface area contributed by atoms with Crippen LogP contribution in [0.3, 0.4) is 0 Å². The molecule has 2 aromatic rings. The van der Waals surface area contributed by atoms with Crippen LogP contribution >= 0.6 is 0 Å². The lowest BCUT2D eigenvalue weighted by atomic mass is 10.1. The molecule has 2 aromatic carbocycles. The van der Waals surface area contributed by atoms with Crippen molar-refractivity contribution in [3.8, 4) is 0 Å². The van der Waals surface area contributed by atoms with Gasteiger partial charge in [0.25, 0.3) is 5.91 Å². The van der Waals surface area contributed by atoms with E-state index in [1.165, 1.54) is 0 Å². The Balaban J connectivity index is 1.54. The normalized spacial score (nSPS) is 15.5. The van der Waals surface area contributed by atoms with Gasteiger partial charge in [-0.15, -0.1) is 0 Å². The number of nitrogens with one attached hydrogen (secondary N) is 2. The average Bonchev–Trinajstić information content (AvgIpc) is 3.20. The second kappa shape index (κ2) is 10.8. The van der Waals surface area contributed by atoms with E-state index in [0.29, 0.717) is 35.7 Å². The molecule has 2 N–H and O–H groups in total. The molecule has 1 fully saturated rings. The van der Waals surface area contributed by atoms with Crippen molar-refractivity contribution in [2.75, 3.05) is 23.8 Å². The predicted octanol–water partition coefficient (Wildman–Crippen LogP) is 3.70. The van der Waals surface area contributed by atoms with Crippen molar-refractivity contribution in [3.63, 3.8) is 0 Å². The van der Waals surface area contributed by atoms with Crippen LogP contribution in [0.25, 0.3) is 0 Å². The molecule has 8 nitrogen and oxygen atoms in total. The van der Waals surface area contributed by atoms with Crippen LogP contribution < -0.4 is 10.6 Å². The lowest BCUT2D eigenvalue weighted by molar-refractivity contribution is -0.129. The molecule has 0 spiro atoms. The monoisotopic (exact) mass is 451 g/mol. The minimum absolute atomic E-state index is 0.0111. The van der Waals surface area contributed by atoms with Gasteiger partial charge in [-0.3, -0.25) is 14.4 Å². The first kappa shape index (κ1) is 24.0. The summed E-state index contributed by atoms with van der Waals surface area (Å²) in [4.78, 5) is 50.6. The first-order chi connectivity index (χ1) is 15.8. The molecule has 1 aliphatic rings. The third-order valence-corrected chi connectivity index (χ3v) is 5.38. The molecule has 8 heteroatoms. The molecule has 1 unspecified atom stereocenters. The van der Waals surface area contributed by atoms with Gasteiger partial charge < -0.3 is 20.3 Å². The van der Waals surface area contributed by atoms with Crippen LogP contribution in [0.15, 0.2) is 48.5 Å². The van der Waals surface area contributed by atoms with Crippen LogP contribution in [0.4, 0.5) is 11.4 Å². The van der Waals surface area contributed by atoms with Gasteiger partial charge in [0.1, 0.15) is 0 Å². The molecule has 3 rings (SSSR count). The third kappa shape index (κ3) is 6.19. The molecule has 0 radical (unpaired) electrons. The zero-order valence-electron chi connectivity index (χ0n) is 19.1. The van der Waals surface area contributed by atoms with Crippen LogP contribution in [0.1, 0.15) is 54.3 Å². The maximum absolute atomic E-state index is 12.5. The number of carbonyl (C=O) groups is 4. The Hall–Kier alpha value is -3.68. The number of carbonyl (C=O) groups excluding carboxylic acids is 4. The second-order valence-electron chi connectivity index (χ2n) is 8.27. The van der Waals surface area contributed by atoms with E-state index in [-0.39, 0.29) is 36.1 Å². The summed E-state index contributed by atoms with van der Waals surface area (Å²) in [5, 5.41) is 5.59. The topological polar surface area (TPSA) is 105 Å². The Bertz CT molecular complexity index is 1020. The number of anilines is 2. The Morgan fingerprint density at radius 2 is 1.55 bits per heavy atom. The fourth-order valence-corrected chi connectivity index (χ4v) is 3.53. The van der Waals surface area contributed by atoms with Gasteiger partial charge >= 0.3 is 5.97 Å². The lowest BCUT2D eigenvalue weighted by Crippen LogP contribution is -2.33. The van der Waals surface area contributed by atoms with Gasteiger partial charge in [-0.1, -0.05) is 6.92 Å². The van der Waals surface area contributed by atoms with Gasteiger partial charge in [0.05, 0.1) is 18.1 Å². The van der Waals surface area contributed by atoms with Crippen molar-refractivity contribution >= 4 is 35.1 Å². The Morgan fingerprint density at radius 1 is 0.970 bits per heavy atom. The van der Waals surface area contributed by atoms with Crippen molar-refractivity contribution in [2.45, 2.75) is 39.7 Å². The summed E-state index contributed by atoms with van der Waals surface area (Å²) in [5.74, 6) is -1.32. The van der Waals surface area contributed by atoms with Crippen molar-refractivity contribution in [2.24, 2.45) is 5.92 Å². The van der Waals surface area contributed by atoms with E-state index in [9.17, 15) is 19.2 Å². The van der Waals surface area contributed by atoms with Gasteiger partial charge in [0.2, 0.25) is 11.8 Å². The summed E-state index contributed by atoms with van der Waals surface area (Å²) in [6.07, 6.45) is 0.957. The van der Waals surface area contributed by atoms with Crippen LogP contribution in [0.2, 0.25) is 0 Å². The molecule has 0 saturated carbocycles. The molecule has 33 heavy (non-hydrogen) atoms. The molecule has 3 amide bonds. The minimum atomic E-state index is -0.397. The number of likely N-dealkylation sites (tertiary alicyclic amines) is 1. The summed E-state index contributed by atoms with van der Waals surface area (Å²) < 4.78 is 5.08. The van der Waals surface area contributed by atoms with E-state index in [0.717, 1.165) is 6.42 Å². The summed E-state index contributed by atoms with van der Waals surface area (Å²) in [7, 11) is 0. The molecule has 1 atom stereocenters. The van der Waals surface area contributed by atoms with Crippen molar-refractivity contribution in [3.05, 3.63) is 59.7 Å². The number of hydrogen-bond acceptors (Lipinski definition) is 5. The summed E-state index contributed by atoms with van der Waals surface area (Å²) >= 11 is 0. The van der Waals surface area contributed by atoms with E-state index in [1.807, 2.05) is 20.8 Å². The van der Waals surface area contributed by atoms with Crippen molar-refractivity contribution < 1.29 is 23.9 Å². The van der Waals surface area contributed by atoms with Gasteiger partial charge in [-0.2, -0.15) is 0 Å². The maximum Gasteiger partial charge on any atom is 0.338 e. The zero-order valence-corrected chi connectivity index (χ0v) is 19.1. The molecular weight excluding hydrogens is 422 g/mol. The van der Waals surface area contributed by atoms with E-state index >= 15 is 0 Å². The van der Waals surface area contributed by atoms with Crippen LogP contribution in [0.5, 0.6) is 0 Å². The fraction of sp³-hybridized carbons (Fsp3) is 0.360. The highest BCUT2D eigenvalue weighted by molar-refractivity contribution is 6.05. The molecule has 0 bridgehead atoms. The quantitative estimate of drug-likeness (QED) is 0.596. The van der Waals surface area contributed by atoms with Crippen molar-refractivity contribution in [1.29, 1.82) is 0 Å². The number of hydrogen-bond donors (Lipinski definition) is 2. The number of rotatable bonds is 8. The smallest absolute Gasteiger partial charge is 0.338 e. The van der Waals surface area contributed by atoms with Crippen LogP contribution in [-0.2, 0) is 14.3 Å². The highest BCUT2D eigenvalue weighted by Gasteiger charge is 2.35. The first-order valence-electron chi connectivity index (χ1n) is 11.1. The Labute approximate surface area is 193 Å². The number of benzene rings is 2. The minimum Gasteiger partial charge on any atom is -0.462 e. The predicted molar refractivity (Wildman–Crippen MR) is 125 cm³/mol. The summed E-state index contributed by atoms with van der Waals surface area (Å²) in [5.41, 5.74) is 1.94. The third-order valence-electron chi connectivity index (χ3n) is 5.38. The van der Waals surface area contributed by atoms with E-state index in [1.54, 1.807) is 53.4 Å². The second-order valence-corrected chi connectivity index (χ2v) is 8.27. The molecule has 1 saturated heterocycles. The molecule has 174 valence electrons. The van der Waals surface area contributed by atoms with Gasteiger partial charge in [0.15, 0.2) is 0 Å². The zero-order chi connectivity index (χ0) is 24.0. The summed E-state index contributed by atoms with van der Waals surface area (Å²) in [6.45, 7) is 6.56. The van der Waals surface area contributed by atoms with Gasteiger partial charge in [-0.25, -0.2) is 4.79 Å². The summed E-state index contributed by atoms with van der Waals surface area (Å²) in [6, 6.07) is 13.1. The van der Waals surface area contributed by atoms with E-state index in [2.05, 4.69) is 10.6 Å². The van der Waals surface area contributed by atoms with E-state index < -0.39 is 5.97 Å². The largest absolute Gasteiger partial charge is 0.462 e. The molecule has 0 aromatic heterocycles. The Morgan fingerprint density at radius 3 is 2.09 bits per heavy atom. The molecule has 1 heterocycles. The SMILES string of the molecule is CCCOC(=O)c1ccc(NC(=O)c2ccc(NC(=O)C3CC(=O)N(C(C)C)C3)cc2)cc1. The van der Waals surface area contributed by atoms with Gasteiger partial charge in [-0.05, 0) is 68.8 Å². The number of nitrogens with zero attached hydrogens (tertiary/aromatic N) is 1. The fourth-order valence-electron chi connectivity index (χ4n) is 3.53. The molecule has 0 aliphatic carbocycles. The first-order valence-corrected chi connectivity index (χ1v) is 11.1. The number of ether oxygens (including phenoxy) is 1. The van der Waals surface area contributed by atoms with Crippen LogP contribution in [-0.4, -0.2) is 47.8 Å². The number of esters is 1. The van der Waals surface area contributed by atoms with Gasteiger partial charge in [0, 0.05) is 35.9 Å². The highest BCUT2D eigenvalue weighted by atomic mass is 16.5. The van der Waals surface area contributed by atoms with Crippen molar-refractivity contribution in [1.82, 2.24) is 4.90 Å². The molecule has 1 aliphatic heterocycles. The highest BCUT2D eigenvalue weighted by Crippen LogP contribution is 2.22. The molecular formula is C25H29N3O5. The lowest BCUT2D eigenvalue weighted by Gasteiger charge is -2.20. The standard InChI is InChI=1S/C25H29N3O5/c1-4-13-33-25(32)18-7-11-21(12-8-18)26-23(30)17-5-9-20(10-6-17)27-24(31)19-14-22(29)28(15-19)16(2)3/h5-12,16,19H,4,13-15H2,1-3H3,(H,26,30)(H,27,31).